The van der Waals surface area contributed by atoms with E-state index in [1.54, 1.807) is 0 Å². The van der Waals surface area contributed by atoms with Crippen molar-refractivity contribution in [3.8, 4) is 0 Å². The molecule has 1 N–H and O–H groups in total. The van der Waals surface area contributed by atoms with Gasteiger partial charge in [0.25, 0.3) is 0 Å². The van der Waals surface area contributed by atoms with Crippen LogP contribution in [0.4, 0.5) is 4.79 Å². The van der Waals surface area contributed by atoms with E-state index in [2.05, 4.69) is 36.5 Å². The number of alkyl carbamates (subject to hydrolysis) is 1. The van der Waals surface area contributed by atoms with Gasteiger partial charge in [-0.05, 0) is 31.2 Å². The fraction of sp³-hybridized carbons (Fsp3) is 0.579. The fourth-order valence-corrected chi connectivity index (χ4v) is 4.53. The predicted octanol–water partition coefficient (Wildman–Crippen LogP) is 2.46. The van der Waals surface area contributed by atoms with Crippen LogP contribution < -0.4 is 5.32 Å². The number of nitrogens with zero attached hydrogens (tertiary/aromatic N) is 1. The van der Waals surface area contributed by atoms with E-state index < -0.39 is 0 Å². The van der Waals surface area contributed by atoms with Gasteiger partial charge < -0.3 is 15.0 Å². The number of carbonyl (C=O) groups is 2. The highest BCUT2D eigenvalue weighted by Gasteiger charge is 2.53. The monoisotopic (exact) mass is 328 g/mol. The van der Waals surface area contributed by atoms with Crippen LogP contribution >= 0.6 is 0 Å². The van der Waals surface area contributed by atoms with Crippen LogP contribution in [0.3, 0.4) is 0 Å². The Kier molecular flexibility index (Phi) is 3.55. The van der Waals surface area contributed by atoms with Crippen molar-refractivity contribution in [1.82, 2.24) is 10.2 Å². The Hall–Kier alpha value is -2.04. The van der Waals surface area contributed by atoms with Crippen molar-refractivity contribution in [2.75, 3.05) is 19.7 Å². The normalized spacial score (nSPS) is 35.3. The van der Waals surface area contributed by atoms with Crippen molar-refractivity contribution < 1.29 is 14.3 Å². The van der Waals surface area contributed by atoms with Gasteiger partial charge in [0.15, 0.2) is 0 Å². The van der Waals surface area contributed by atoms with Gasteiger partial charge >= 0.3 is 6.09 Å². The first-order valence-corrected chi connectivity index (χ1v) is 8.79. The van der Waals surface area contributed by atoms with Crippen molar-refractivity contribution >= 4 is 12.0 Å². The standard InChI is InChI=1S/C19H24N2O3/c1-18(15-6-3-2-4-7-15)8-5-9-21(12-18)16(22)14-10-19(11-14)13-24-17(23)20-19/h2-4,6-7,14H,5,8-13H2,1H3,(H,20,23)/t14-,18?,19+. The van der Waals surface area contributed by atoms with E-state index in [4.69, 9.17) is 4.74 Å². The minimum atomic E-state index is -0.351. The van der Waals surface area contributed by atoms with Crippen LogP contribution in [0.1, 0.15) is 38.2 Å². The van der Waals surface area contributed by atoms with Gasteiger partial charge in [-0.25, -0.2) is 4.79 Å². The largest absolute Gasteiger partial charge is 0.447 e. The summed E-state index contributed by atoms with van der Waals surface area (Å²) in [7, 11) is 0. The third kappa shape index (κ3) is 2.56. The minimum Gasteiger partial charge on any atom is -0.447 e. The first kappa shape index (κ1) is 15.5. The average Bonchev–Trinajstić information content (AvgIpc) is 2.96. The van der Waals surface area contributed by atoms with E-state index in [-0.39, 0.29) is 28.9 Å². The number of amides is 2. The molecule has 4 rings (SSSR count). The number of hydrogen-bond acceptors (Lipinski definition) is 3. The summed E-state index contributed by atoms with van der Waals surface area (Å²) < 4.78 is 5.00. The molecule has 3 fully saturated rings. The smallest absolute Gasteiger partial charge is 0.407 e. The molecule has 1 aliphatic carbocycles. The molecule has 0 bridgehead atoms. The van der Waals surface area contributed by atoms with Crippen LogP contribution in [0.5, 0.6) is 0 Å². The maximum absolute atomic E-state index is 12.9. The quantitative estimate of drug-likeness (QED) is 0.907. The summed E-state index contributed by atoms with van der Waals surface area (Å²) in [4.78, 5) is 26.2. The Balaban J connectivity index is 1.42. The summed E-state index contributed by atoms with van der Waals surface area (Å²) in [5, 5.41) is 2.86. The summed E-state index contributed by atoms with van der Waals surface area (Å²) in [5.74, 6) is 0.258. The topological polar surface area (TPSA) is 58.6 Å². The van der Waals surface area contributed by atoms with Gasteiger partial charge in [0.1, 0.15) is 6.61 Å². The lowest BCUT2D eigenvalue weighted by molar-refractivity contribution is -0.143. The molecule has 3 aliphatic rings. The van der Waals surface area contributed by atoms with Gasteiger partial charge in [-0.1, -0.05) is 37.3 Å². The van der Waals surface area contributed by atoms with E-state index in [0.717, 1.165) is 25.9 Å². The Bertz CT molecular complexity index is 654. The lowest BCUT2D eigenvalue weighted by Crippen LogP contribution is -2.59. The maximum atomic E-state index is 12.9. The molecule has 1 aromatic carbocycles. The maximum Gasteiger partial charge on any atom is 0.407 e. The van der Waals surface area contributed by atoms with Crippen molar-refractivity contribution in [3.05, 3.63) is 35.9 Å². The van der Waals surface area contributed by atoms with E-state index in [9.17, 15) is 9.59 Å². The van der Waals surface area contributed by atoms with Crippen LogP contribution in [0.15, 0.2) is 30.3 Å². The second-order valence-electron chi connectivity index (χ2n) is 7.88. The molecular formula is C19H24N2O3. The molecule has 1 unspecified atom stereocenters. The lowest BCUT2D eigenvalue weighted by atomic mass is 9.68. The molecule has 0 radical (unpaired) electrons. The number of likely N-dealkylation sites (tertiary alicyclic amines) is 1. The van der Waals surface area contributed by atoms with Crippen molar-refractivity contribution in [1.29, 1.82) is 0 Å². The fourth-order valence-electron chi connectivity index (χ4n) is 4.53. The molecule has 5 heteroatoms. The van der Waals surface area contributed by atoms with Crippen molar-refractivity contribution in [2.45, 2.75) is 43.6 Å². The lowest BCUT2D eigenvalue weighted by Gasteiger charge is -2.47. The number of piperidine rings is 1. The number of ether oxygens (including phenoxy) is 1. The van der Waals surface area contributed by atoms with Crippen molar-refractivity contribution in [2.24, 2.45) is 5.92 Å². The molecule has 2 heterocycles. The number of rotatable bonds is 2. The highest BCUT2D eigenvalue weighted by atomic mass is 16.6. The summed E-state index contributed by atoms with van der Waals surface area (Å²) in [6, 6.07) is 10.5. The SMILES string of the molecule is CC1(c2ccccc2)CCCN(C(=O)[C@H]2C[C@]3(COC(=O)N3)C2)C1. The van der Waals surface area contributed by atoms with Gasteiger partial charge in [-0.15, -0.1) is 0 Å². The molecule has 2 saturated heterocycles. The summed E-state index contributed by atoms with van der Waals surface area (Å²) in [6.07, 6.45) is 3.20. The Morgan fingerprint density at radius 1 is 1.29 bits per heavy atom. The zero-order valence-electron chi connectivity index (χ0n) is 14.1. The predicted molar refractivity (Wildman–Crippen MR) is 89.5 cm³/mol. The first-order chi connectivity index (χ1) is 11.5. The number of hydrogen-bond donors (Lipinski definition) is 1. The third-order valence-corrected chi connectivity index (χ3v) is 5.95. The molecule has 0 aromatic heterocycles. The molecule has 24 heavy (non-hydrogen) atoms. The van der Waals surface area contributed by atoms with Crippen LogP contribution in [0.2, 0.25) is 0 Å². The van der Waals surface area contributed by atoms with Gasteiger partial charge in [-0.2, -0.15) is 0 Å². The molecule has 1 aromatic rings. The van der Waals surface area contributed by atoms with E-state index in [1.165, 1.54) is 5.56 Å². The van der Waals surface area contributed by atoms with Crippen LogP contribution in [0.25, 0.3) is 0 Å². The van der Waals surface area contributed by atoms with Crippen LogP contribution in [-0.4, -0.2) is 42.1 Å². The first-order valence-electron chi connectivity index (χ1n) is 8.79. The Labute approximate surface area is 142 Å². The molecule has 2 amide bonds. The highest BCUT2D eigenvalue weighted by Crippen LogP contribution is 2.43. The molecule has 1 spiro atoms. The van der Waals surface area contributed by atoms with Crippen molar-refractivity contribution in [3.63, 3.8) is 0 Å². The van der Waals surface area contributed by atoms with Gasteiger partial charge in [-0.3, -0.25) is 4.79 Å². The second-order valence-corrected chi connectivity index (χ2v) is 7.88. The average molecular weight is 328 g/mol. The third-order valence-electron chi connectivity index (χ3n) is 5.95. The molecule has 5 nitrogen and oxygen atoms in total. The van der Waals surface area contributed by atoms with Crippen LogP contribution in [0, 0.1) is 5.92 Å². The molecule has 1 saturated carbocycles. The van der Waals surface area contributed by atoms with Gasteiger partial charge in [0.2, 0.25) is 5.91 Å². The van der Waals surface area contributed by atoms with E-state index in [0.29, 0.717) is 19.4 Å². The van der Waals surface area contributed by atoms with Crippen LogP contribution in [-0.2, 0) is 14.9 Å². The molecule has 2 aliphatic heterocycles. The minimum absolute atomic E-state index is 0.0186. The Morgan fingerprint density at radius 2 is 2.04 bits per heavy atom. The number of benzene rings is 1. The molecular weight excluding hydrogens is 304 g/mol. The highest BCUT2D eigenvalue weighted by molar-refractivity contribution is 5.81. The van der Waals surface area contributed by atoms with Gasteiger partial charge in [0.05, 0.1) is 5.54 Å². The Morgan fingerprint density at radius 3 is 2.71 bits per heavy atom. The van der Waals surface area contributed by atoms with E-state index in [1.807, 2.05) is 11.0 Å². The second kappa shape index (κ2) is 5.50. The number of carbonyl (C=O) groups excluding carboxylic acids is 2. The zero-order chi connectivity index (χ0) is 16.8. The van der Waals surface area contributed by atoms with Gasteiger partial charge in [0, 0.05) is 24.4 Å². The number of nitrogens with one attached hydrogen (secondary N) is 1. The molecule has 128 valence electrons. The molecule has 1 atom stereocenters. The summed E-state index contributed by atoms with van der Waals surface area (Å²) in [6.45, 7) is 4.28. The summed E-state index contributed by atoms with van der Waals surface area (Å²) >= 11 is 0. The summed E-state index contributed by atoms with van der Waals surface area (Å²) in [5.41, 5.74) is 1.06. The van der Waals surface area contributed by atoms with E-state index >= 15 is 0 Å². The number of cyclic esters (lactones) is 1. The zero-order valence-corrected chi connectivity index (χ0v) is 14.1.